The summed E-state index contributed by atoms with van der Waals surface area (Å²) in [5.41, 5.74) is 0. The van der Waals surface area contributed by atoms with Crippen LogP contribution in [0.15, 0.2) is 0 Å². The number of unbranched alkanes of at least 4 members (excludes halogenated alkanes) is 3. The standard InChI is InChI=1S/C16H37O2P/c1-5-8-13-19(14-9-6-2,15-10-7-3)16-18-12-11-17-4/h19H,5-16H2,1-4H3. The Morgan fingerprint density at radius 1 is 0.737 bits per heavy atom. The fraction of sp³-hybridized carbons (Fsp3) is 1.00. The van der Waals surface area contributed by atoms with Crippen LogP contribution in [-0.2, 0) is 9.47 Å². The topological polar surface area (TPSA) is 18.5 Å². The molecule has 0 unspecified atom stereocenters. The van der Waals surface area contributed by atoms with E-state index in [2.05, 4.69) is 20.8 Å². The zero-order valence-electron chi connectivity index (χ0n) is 13.8. The van der Waals surface area contributed by atoms with Crippen molar-refractivity contribution in [2.45, 2.75) is 59.3 Å². The zero-order valence-corrected chi connectivity index (χ0v) is 14.8. The number of ether oxygens (including phenoxy) is 2. The molecule has 0 aliphatic heterocycles. The SMILES string of the molecule is CCCC[PH](CCCC)(CCCC)COCCOC. The monoisotopic (exact) mass is 292 g/mol. The van der Waals surface area contributed by atoms with Gasteiger partial charge in [-0.25, -0.2) is 0 Å². The molecule has 0 saturated heterocycles. The van der Waals surface area contributed by atoms with E-state index in [4.69, 9.17) is 9.47 Å². The van der Waals surface area contributed by atoms with Crippen LogP contribution in [0.5, 0.6) is 0 Å². The van der Waals surface area contributed by atoms with E-state index in [0.717, 1.165) is 19.6 Å². The summed E-state index contributed by atoms with van der Waals surface area (Å²) < 4.78 is 11.1. The predicted octanol–water partition coefficient (Wildman–Crippen LogP) is 4.76. The van der Waals surface area contributed by atoms with Crippen molar-refractivity contribution in [2.24, 2.45) is 0 Å². The van der Waals surface area contributed by atoms with Crippen molar-refractivity contribution in [3.8, 4) is 0 Å². The molecule has 0 aromatic carbocycles. The van der Waals surface area contributed by atoms with Gasteiger partial charge in [0.2, 0.25) is 0 Å². The van der Waals surface area contributed by atoms with E-state index in [9.17, 15) is 0 Å². The van der Waals surface area contributed by atoms with E-state index in [0.29, 0.717) is 0 Å². The number of rotatable bonds is 14. The van der Waals surface area contributed by atoms with Gasteiger partial charge in [-0.2, -0.15) is 0 Å². The van der Waals surface area contributed by atoms with Gasteiger partial charge in [0.15, 0.2) is 0 Å². The van der Waals surface area contributed by atoms with Gasteiger partial charge < -0.3 is 0 Å². The second-order valence-corrected chi connectivity index (χ2v) is 10.6. The van der Waals surface area contributed by atoms with Gasteiger partial charge in [-0.15, -0.1) is 0 Å². The fourth-order valence-electron chi connectivity index (χ4n) is 2.68. The maximum atomic E-state index is 5.97. The van der Waals surface area contributed by atoms with Gasteiger partial charge >= 0.3 is 121 Å². The number of methoxy groups -OCH3 is 1. The van der Waals surface area contributed by atoms with Gasteiger partial charge in [0.1, 0.15) is 0 Å². The van der Waals surface area contributed by atoms with Crippen LogP contribution in [-0.4, -0.2) is 45.2 Å². The Bertz CT molecular complexity index is 164. The Labute approximate surface area is 122 Å². The molecule has 0 amide bonds. The van der Waals surface area contributed by atoms with Crippen LogP contribution < -0.4 is 0 Å². The summed E-state index contributed by atoms with van der Waals surface area (Å²) in [5.74, 6) is 0. The van der Waals surface area contributed by atoms with E-state index in [1.165, 1.54) is 57.0 Å². The first kappa shape index (κ1) is 19.4. The molecule has 0 saturated carbocycles. The van der Waals surface area contributed by atoms with Crippen molar-refractivity contribution < 1.29 is 9.47 Å². The molecule has 0 aliphatic carbocycles. The molecule has 0 heterocycles. The summed E-state index contributed by atoms with van der Waals surface area (Å²) in [5, 5.41) is 0. The van der Waals surface area contributed by atoms with Crippen LogP contribution in [0.2, 0.25) is 0 Å². The van der Waals surface area contributed by atoms with Gasteiger partial charge in [0.25, 0.3) is 0 Å². The minimum atomic E-state index is -1.19. The third-order valence-corrected chi connectivity index (χ3v) is 9.08. The Morgan fingerprint density at radius 2 is 1.21 bits per heavy atom. The number of hydrogen-bond acceptors (Lipinski definition) is 2. The normalized spacial score (nSPS) is 12.8. The van der Waals surface area contributed by atoms with Crippen LogP contribution in [0, 0.1) is 0 Å². The van der Waals surface area contributed by atoms with Crippen LogP contribution >= 0.6 is 7.26 Å². The van der Waals surface area contributed by atoms with Crippen molar-refractivity contribution >= 4 is 7.26 Å². The summed E-state index contributed by atoms with van der Waals surface area (Å²) in [7, 11) is 0.563. The summed E-state index contributed by atoms with van der Waals surface area (Å²) in [6.07, 6.45) is 13.6. The minimum absolute atomic E-state index is 0.736. The van der Waals surface area contributed by atoms with Crippen molar-refractivity contribution in [3.63, 3.8) is 0 Å². The molecule has 0 spiro atoms. The Kier molecular flexibility index (Phi) is 13.6. The Hall–Kier alpha value is 0.350. The first-order valence-corrected chi connectivity index (χ1v) is 11.1. The maximum absolute atomic E-state index is 5.97. The number of hydrogen-bond donors (Lipinski definition) is 0. The van der Waals surface area contributed by atoms with Crippen LogP contribution in [0.1, 0.15) is 59.3 Å². The van der Waals surface area contributed by atoms with Crippen molar-refractivity contribution in [3.05, 3.63) is 0 Å². The first-order chi connectivity index (χ1) is 9.24. The zero-order chi connectivity index (χ0) is 14.4. The van der Waals surface area contributed by atoms with Gasteiger partial charge in [-0.05, 0) is 0 Å². The molecule has 0 atom stereocenters. The molecule has 0 radical (unpaired) electrons. The fourth-order valence-corrected chi connectivity index (χ4v) is 7.75. The summed E-state index contributed by atoms with van der Waals surface area (Å²) in [6.45, 7) is 8.44. The second kappa shape index (κ2) is 13.3. The second-order valence-electron chi connectivity index (χ2n) is 5.86. The summed E-state index contributed by atoms with van der Waals surface area (Å²) >= 11 is 0. The van der Waals surface area contributed by atoms with E-state index in [-0.39, 0.29) is 0 Å². The van der Waals surface area contributed by atoms with Crippen LogP contribution in [0.3, 0.4) is 0 Å². The summed E-state index contributed by atoms with van der Waals surface area (Å²) in [4.78, 5) is 0. The molecule has 0 N–H and O–H groups in total. The molecule has 3 heteroatoms. The van der Waals surface area contributed by atoms with E-state index >= 15 is 0 Å². The van der Waals surface area contributed by atoms with Gasteiger partial charge in [-0.1, -0.05) is 0 Å². The first-order valence-electron chi connectivity index (χ1n) is 8.31. The molecular weight excluding hydrogens is 255 g/mol. The third kappa shape index (κ3) is 9.82. The molecular formula is C16H37O2P. The molecule has 118 valence electrons. The van der Waals surface area contributed by atoms with Crippen LogP contribution in [0.25, 0.3) is 0 Å². The van der Waals surface area contributed by atoms with Crippen molar-refractivity contribution in [1.82, 2.24) is 0 Å². The average molecular weight is 292 g/mol. The third-order valence-electron chi connectivity index (χ3n) is 4.02. The Balaban J connectivity index is 4.38. The van der Waals surface area contributed by atoms with E-state index < -0.39 is 7.26 Å². The Morgan fingerprint density at radius 3 is 1.58 bits per heavy atom. The van der Waals surface area contributed by atoms with Crippen molar-refractivity contribution in [1.29, 1.82) is 0 Å². The van der Waals surface area contributed by atoms with Gasteiger partial charge in [0, 0.05) is 0 Å². The molecule has 0 aromatic heterocycles. The molecule has 0 fully saturated rings. The van der Waals surface area contributed by atoms with E-state index in [1.807, 2.05) is 0 Å². The molecule has 19 heavy (non-hydrogen) atoms. The molecule has 0 rings (SSSR count). The van der Waals surface area contributed by atoms with Gasteiger partial charge in [-0.3, -0.25) is 0 Å². The molecule has 2 nitrogen and oxygen atoms in total. The average Bonchev–Trinajstić information content (AvgIpc) is 2.44. The summed E-state index contributed by atoms with van der Waals surface area (Å²) in [6, 6.07) is 0. The quantitative estimate of drug-likeness (QED) is 0.339. The van der Waals surface area contributed by atoms with E-state index in [1.54, 1.807) is 7.11 Å². The molecule has 0 aliphatic rings. The van der Waals surface area contributed by atoms with Crippen LogP contribution in [0.4, 0.5) is 0 Å². The molecule has 0 bridgehead atoms. The molecule has 0 aromatic rings. The van der Waals surface area contributed by atoms with Gasteiger partial charge in [0.05, 0.1) is 0 Å². The predicted molar refractivity (Wildman–Crippen MR) is 90.3 cm³/mol. The van der Waals surface area contributed by atoms with Crippen molar-refractivity contribution in [2.75, 3.05) is 45.2 Å².